The molecule has 0 saturated carbocycles. The van der Waals surface area contributed by atoms with E-state index in [0.717, 1.165) is 18.4 Å². The standard InChI is InChI=1S/C21H25N3O3S/c1-3-22-19(25)15-10-9-14(2)16(13-15)23-20(26)17-7-4-5-11-24(17)21(27)18-8-6-12-28-18/h6,8-10,12-13,17H,3-5,7,11H2,1-2H3,(H,22,25)(H,23,26). The molecule has 1 aromatic heterocycles. The topological polar surface area (TPSA) is 78.5 Å². The van der Waals surface area contributed by atoms with Crippen LogP contribution in [0.15, 0.2) is 35.7 Å². The molecule has 0 aliphatic carbocycles. The number of aryl methyl sites for hydroxylation is 1. The molecule has 148 valence electrons. The molecule has 28 heavy (non-hydrogen) atoms. The monoisotopic (exact) mass is 399 g/mol. The van der Waals surface area contributed by atoms with Crippen molar-refractivity contribution in [3.05, 3.63) is 51.7 Å². The minimum absolute atomic E-state index is 0.0948. The predicted molar refractivity (Wildman–Crippen MR) is 111 cm³/mol. The number of carbonyl (C=O) groups is 3. The second-order valence-corrected chi connectivity index (χ2v) is 7.81. The lowest BCUT2D eigenvalue weighted by molar-refractivity contribution is -0.121. The van der Waals surface area contributed by atoms with Crippen molar-refractivity contribution in [1.29, 1.82) is 0 Å². The average Bonchev–Trinajstić information content (AvgIpc) is 3.24. The maximum absolute atomic E-state index is 13.0. The highest BCUT2D eigenvalue weighted by atomic mass is 32.1. The zero-order chi connectivity index (χ0) is 20.1. The number of likely N-dealkylation sites (tertiary alicyclic amines) is 1. The summed E-state index contributed by atoms with van der Waals surface area (Å²) in [4.78, 5) is 40.2. The van der Waals surface area contributed by atoms with E-state index in [0.29, 0.717) is 35.6 Å². The number of piperidine rings is 1. The molecular weight excluding hydrogens is 374 g/mol. The minimum Gasteiger partial charge on any atom is -0.352 e. The lowest BCUT2D eigenvalue weighted by atomic mass is 10.0. The molecule has 1 saturated heterocycles. The number of rotatable bonds is 5. The highest BCUT2D eigenvalue weighted by Gasteiger charge is 2.33. The van der Waals surface area contributed by atoms with Gasteiger partial charge in [-0.3, -0.25) is 14.4 Å². The molecule has 1 aromatic carbocycles. The van der Waals surface area contributed by atoms with Crippen molar-refractivity contribution < 1.29 is 14.4 Å². The minimum atomic E-state index is -0.504. The maximum atomic E-state index is 13.0. The molecule has 2 aromatic rings. The second kappa shape index (κ2) is 9.01. The fraction of sp³-hybridized carbons (Fsp3) is 0.381. The Balaban J connectivity index is 1.78. The van der Waals surface area contributed by atoms with Gasteiger partial charge in [-0.1, -0.05) is 12.1 Å². The number of benzene rings is 1. The Morgan fingerprint density at radius 3 is 2.75 bits per heavy atom. The predicted octanol–water partition coefficient (Wildman–Crippen LogP) is 3.44. The Bertz CT molecular complexity index is 864. The van der Waals surface area contributed by atoms with Crippen LogP contribution < -0.4 is 10.6 Å². The SMILES string of the molecule is CCNC(=O)c1ccc(C)c(NC(=O)C2CCCCN2C(=O)c2cccs2)c1. The smallest absolute Gasteiger partial charge is 0.264 e. The molecule has 1 aliphatic rings. The maximum Gasteiger partial charge on any atom is 0.264 e. The summed E-state index contributed by atoms with van der Waals surface area (Å²) in [5.74, 6) is -0.478. The normalized spacial score (nSPS) is 16.5. The molecule has 3 rings (SSSR count). The summed E-state index contributed by atoms with van der Waals surface area (Å²) < 4.78 is 0. The summed E-state index contributed by atoms with van der Waals surface area (Å²) in [7, 11) is 0. The first-order valence-electron chi connectivity index (χ1n) is 9.55. The number of nitrogens with zero attached hydrogens (tertiary/aromatic N) is 1. The van der Waals surface area contributed by atoms with Gasteiger partial charge in [0.2, 0.25) is 5.91 Å². The zero-order valence-electron chi connectivity index (χ0n) is 16.2. The quantitative estimate of drug-likeness (QED) is 0.808. The fourth-order valence-corrected chi connectivity index (χ4v) is 4.04. The van der Waals surface area contributed by atoms with Crippen molar-refractivity contribution >= 4 is 34.7 Å². The summed E-state index contributed by atoms with van der Waals surface area (Å²) in [5, 5.41) is 7.56. The number of carbonyl (C=O) groups excluding carboxylic acids is 3. The summed E-state index contributed by atoms with van der Waals surface area (Å²) >= 11 is 1.39. The Hall–Kier alpha value is -2.67. The van der Waals surface area contributed by atoms with Gasteiger partial charge in [0.15, 0.2) is 0 Å². The van der Waals surface area contributed by atoms with Crippen molar-refractivity contribution in [1.82, 2.24) is 10.2 Å². The van der Waals surface area contributed by atoms with Gasteiger partial charge >= 0.3 is 0 Å². The van der Waals surface area contributed by atoms with Crippen LogP contribution in [0.3, 0.4) is 0 Å². The van der Waals surface area contributed by atoms with Gasteiger partial charge in [-0.25, -0.2) is 0 Å². The van der Waals surface area contributed by atoms with Crippen molar-refractivity contribution in [2.45, 2.75) is 39.2 Å². The molecule has 0 spiro atoms. The van der Waals surface area contributed by atoms with E-state index in [2.05, 4.69) is 10.6 Å². The van der Waals surface area contributed by atoms with Gasteiger partial charge in [-0.2, -0.15) is 0 Å². The molecule has 6 nitrogen and oxygen atoms in total. The Morgan fingerprint density at radius 1 is 1.21 bits per heavy atom. The van der Waals surface area contributed by atoms with Gasteiger partial charge in [0.05, 0.1) is 4.88 Å². The highest BCUT2D eigenvalue weighted by Crippen LogP contribution is 2.24. The molecule has 0 radical (unpaired) electrons. The van der Waals surface area contributed by atoms with Crippen LogP contribution in [0.4, 0.5) is 5.69 Å². The zero-order valence-corrected chi connectivity index (χ0v) is 17.0. The van der Waals surface area contributed by atoms with Crippen LogP contribution in [0.1, 0.15) is 51.8 Å². The van der Waals surface area contributed by atoms with Gasteiger partial charge in [0.1, 0.15) is 6.04 Å². The molecule has 1 aliphatic heterocycles. The lowest BCUT2D eigenvalue weighted by Crippen LogP contribution is -2.49. The third-order valence-electron chi connectivity index (χ3n) is 4.89. The fourth-order valence-electron chi connectivity index (χ4n) is 3.37. The summed E-state index contributed by atoms with van der Waals surface area (Å²) in [6.07, 6.45) is 2.44. The van der Waals surface area contributed by atoms with Crippen molar-refractivity contribution in [2.24, 2.45) is 0 Å². The van der Waals surface area contributed by atoms with Crippen molar-refractivity contribution in [3.8, 4) is 0 Å². The van der Waals surface area contributed by atoms with Crippen LogP contribution in [-0.4, -0.2) is 41.8 Å². The van der Waals surface area contributed by atoms with Gasteiger partial charge in [-0.05, 0) is 62.3 Å². The number of nitrogens with one attached hydrogen (secondary N) is 2. The molecule has 1 atom stereocenters. The van der Waals surface area contributed by atoms with E-state index in [4.69, 9.17) is 0 Å². The van der Waals surface area contributed by atoms with E-state index in [9.17, 15) is 14.4 Å². The van der Waals surface area contributed by atoms with Crippen LogP contribution >= 0.6 is 11.3 Å². The molecule has 1 fully saturated rings. The molecule has 0 bridgehead atoms. The number of anilines is 1. The van der Waals surface area contributed by atoms with Gasteiger partial charge in [-0.15, -0.1) is 11.3 Å². The van der Waals surface area contributed by atoms with Crippen molar-refractivity contribution in [3.63, 3.8) is 0 Å². The Morgan fingerprint density at radius 2 is 2.04 bits per heavy atom. The molecular formula is C21H25N3O3S. The Kier molecular flexibility index (Phi) is 6.46. The molecule has 3 amide bonds. The lowest BCUT2D eigenvalue weighted by Gasteiger charge is -2.34. The first kappa shape index (κ1) is 20.1. The second-order valence-electron chi connectivity index (χ2n) is 6.87. The Labute approximate surface area is 168 Å². The van der Waals surface area contributed by atoms with E-state index >= 15 is 0 Å². The van der Waals surface area contributed by atoms with Gasteiger partial charge in [0.25, 0.3) is 11.8 Å². The average molecular weight is 400 g/mol. The van der Waals surface area contributed by atoms with Crippen LogP contribution in [0.25, 0.3) is 0 Å². The van der Waals surface area contributed by atoms with Crippen molar-refractivity contribution in [2.75, 3.05) is 18.4 Å². The number of thiophene rings is 1. The summed E-state index contributed by atoms with van der Waals surface area (Å²) in [5.41, 5.74) is 1.97. The first-order valence-corrected chi connectivity index (χ1v) is 10.4. The van der Waals surface area contributed by atoms with E-state index < -0.39 is 6.04 Å². The van der Waals surface area contributed by atoms with Gasteiger partial charge in [0, 0.05) is 24.3 Å². The third kappa shape index (κ3) is 4.42. The van der Waals surface area contributed by atoms with E-state index in [1.54, 1.807) is 23.1 Å². The highest BCUT2D eigenvalue weighted by molar-refractivity contribution is 7.12. The first-order chi connectivity index (χ1) is 13.5. The molecule has 1 unspecified atom stereocenters. The number of amides is 3. The van der Waals surface area contributed by atoms with Gasteiger partial charge < -0.3 is 15.5 Å². The van der Waals surface area contributed by atoms with Crippen LogP contribution in [0, 0.1) is 6.92 Å². The summed E-state index contributed by atoms with van der Waals surface area (Å²) in [6, 6.07) is 8.37. The van der Waals surface area contributed by atoms with E-state index in [1.165, 1.54) is 11.3 Å². The van der Waals surface area contributed by atoms with Crippen LogP contribution in [-0.2, 0) is 4.79 Å². The number of hydrogen-bond acceptors (Lipinski definition) is 4. The molecule has 7 heteroatoms. The molecule has 2 heterocycles. The number of hydrogen-bond donors (Lipinski definition) is 2. The van der Waals surface area contributed by atoms with E-state index in [-0.39, 0.29) is 17.7 Å². The molecule has 2 N–H and O–H groups in total. The largest absolute Gasteiger partial charge is 0.352 e. The summed E-state index contributed by atoms with van der Waals surface area (Å²) in [6.45, 7) is 4.85. The van der Waals surface area contributed by atoms with Crippen LogP contribution in [0.2, 0.25) is 0 Å². The van der Waals surface area contributed by atoms with Crippen LogP contribution in [0.5, 0.6) is 0 Å². The van der Waals surface area contributed by atoms with E-state index in [1.807, 2.05) is 31.4 Å². The third-order valence-corrected chi connectivity index (χ3v) is 5.75.